The number of hydrogen-bond acceptors (Lipinski definition) is 8. The van der Waals surface area contributed by atoms with Gasteiger partial charge in [-0.05, 0) is 32.6 Å². The van der Waals surface area contributed by atoms with Crippen molar-refractivity contribution in [3.63, 3.8) is 0 Å². The Morgan fingerprint density at radius 2 is 1.50 bits per heavy atom. The first-order valence-electron chi connectivity index (χ1n) is 11.9. The maximum absolute atomic E-state index is 13.0. The molecule has 0 saturated heterocycles. The van der Waals surface area contributed by atoms with Crippen molar-refractivity contribution in [3.05, 3.63) is 18.2 Å². The minimum atomic E-state index is -1.25. The summed E-state index contributed by atoms with van der Waals surface area (Å²) in [5.74, 6) is -3.43. The fourth-order valence-electron chi connectivity index (χ4n) is 3.19. The van der Waals surface area contributed by atoms with E-state index in [0.717, 1.165) is 0 Å². The fourth-order valence-corrected chi connectivity index (χ4v) is 3.19. The highest BCUT2D eigenvalue weighted by Crippen LogP contribution is 2.04. The number of rotatable bonds is 17. The van der Waals surface area contributed by atoms with Crippen molar-refractivity contribution in [3.8, 4) is 0 Å². The van der Waals surface area contributed by atoms with Crippen LogP contribution in [-0.2, 0) is 25.6 Å². The molecule has 0 radical (unpaired) electrons. The number of carboxylic acid groups (broad SMARTS) is 1. The van der Waals surface area contributed by atoms with Crippen molar-refractivity contribution in [2.45, 2.75) is 63.2 Å². The third kappa shape index (κ3) is 12.5. The van der Waals surface area contributed by atoms with Gasteiger partial charge in [-0.2, -0.15) is 0 Å². The molecule has 0 saturated carbocycles. The summed E-state index contributed by atoms with van der Waals surface area (Å²) in [6.07, 6.45) is 4.01. The molecule has 17 nitrogen and oxygen atoms in total. The number of aliphatic imine (C=N–C) groups is 2. The Hall–Kier alpha value is -4.41. The number of guanidine groups is 2. The lowest BCUT2D eigenvalue weighted by atomic mass is 10.1. The van der Waals surface area contributed by atoms with Gasteiger partial charge >= 0.3 is 5.97 Å². The highest BCUT2D eigenvalue weighted by Gasteiger charge is 2.28. The standard InChI is InChI=1S/C21H38N12O5/c1-11(16(34)32-14(19(37)38)5-3-7-29-21(25)26)31-18(36)15(8-12-9-27-10-30-12)33-17(35)13(22)4-2-6-28-20(23)24/h9-11,13-15H,2-8,22H2,1H3,(H,27,30)(H,31,36)(H,32,34)(H,33,35)(H,37,38)(H4,23,24,28)(H4,25,26,29). The Morgan fingerprint density at radius 1 is 0.921 bits per heavy atom. The van der Waals surface area contributed by atoms with Gasteiger partial charge < -0.3 is 54.7 Å². The first-order valence-corrected chi connectivity index (χ1v) is 11.9. The van der Waals surface area contributed by atoms with E-state index in [0.29, 0.717) is 25.1 Å². The van der Waals surface area contributed by atoms with Crippen LogP contribution in [0.1, 0.15) is 38.3 Å². The number of aliphatic carboxylic acids is 1. The number of H-pyrrole nitrogens is 1. The summed E-state index contributed by atoms with van der Waals surface area (Å²) in [5.41, 5.74) is 27.5. The van der Waals surface area contributed by atoms with Crippen molar-refractivity contribution < 1.29 is 24.3 Å². The van der Waals surface area contributed by atoms with Gasteiger partial charge in [0.05, 0.1) is 12.4 Å². The van der Waals surface area contributed by atoms with Crippen LogP contribution in [0.2, 0.25) is 0 Å². The van der Waals surface area contributed by atoms with Crippen LogP contribution in [0.3, 0.4) is 0 Å². The highest BCUT2D eigenvalue weighted by atomic mass is 16.4. The van der Waals surface area contributed by atoms with E-state index in [-0.39, 0.29) is 37.7 Å². The number of carbonyl (C=O) groups is 4. The molecule has 4 atom stereocenters. The van der Waals surface area contributed by atoms with Crippen LogP contribution in [0, 0.1) is 0 Å². The topological polar surface area (TPSA) is 308 Å². The summed E-state index contributed by atoms with van der Waals surface area (Å²) in [7, 11) is 0. The monoisotopic (exact) mass is 538 g/mol. The van der Waals surface area contributed by atoms with Crippen LogP contribution in [0.15, 0.2) is 22.5 Å². The van der Waals surface area contributed by atoms with E-state index < -0.39 is 47.9 Å². The summed E-state index contributed by atoms with van der Waals surface area (Å²) in [5, 5.41) is 16.9. The molecule has 0 aliphatic heterocycles. The first kappa shape index (κ1) is 31.6. The van der Waals surface area contributed by atoms with E-state index in [1.54, 1.807) is 0 Å². The summed E-state index contributed by atoms with van der Waals surface area (Å²) in [6, 6.07) is -4.36. The molecule has 0 aliphatic carbocycles. The molecular weight excluding hydrogens is 500 g/mol. The third-order valence-corrected chi connectivity index (χ3v) is 5.23. The van der Waals surface area contributed by atoms with E-state index in [1.807, 2.05) is 0 Å². The lowest BCUT2D eigenvalue weighted by molar-refractivity contribution is -0.142. The molecule has 3 amide bonds. The molecule has 38 heavy (non-hydrogen) atoms. The maximum Gasteiger partial charge on any atom is 0.326 e. The van der Waals surface area contributed by atoms with Crippen LogP contribution >= 0.6 is 0 Å². The van der Waals surface area contributed by atoms with Gasteiger partial charge in [-0.1, -0.05) is 0 Å². The third-order valence-electron chi connectivity index (χ3n) is 5.23. The zero-order chi connectivity index (χ0) is 28.7. The van der Waals surface area contributed by atoms with Gasteiger partial charge in [0.15, 0.2) is 11.9 Å². The van der Waals surface area contributed by atoms with Crippen molar-refractivity contribution >= 4 is 35.6 Å². The number of carbonyl (C=O) groups excluding carboxylic acids is 3. The summed E-state index contributed by atoms with van der Waals surface area (Å²) < 4.78 is 0. The van der Waals surface area contributed by atoms with Gasteiger partial charge in [0.2, 0.25) is 17.7 Å². The van der Waals surface area contributed by atoms with Crippen LogP contribution in [0.5, 0.6) is 0 Å². The molecule has 0 bridgehead atoms. The zero-order valence-corrected chi connectivity index (χ0v) is 21.2. The van der Waals surface area contributed by atoms with Crippen LogP contribution in [0.4, 0.5) is 0 Å². The number of amides is 3. The minimum Gasteiger partial charge on any atom is -0.480 e. The number of aromatic nitrogens is 2. The molecule has 15 N–H and O–H groups in total. The molecule has 1 heterocycles. The number of aromatic amines is 1. The molecular formula is C21H38N12O5. The molecule has 0 aromatic carbocycles. The molecule has 1 rings (SSSR count). The molecule has 0 spiro atoms. The van der Waals surface area contributed by atoms with Gasteiger partial charge in [-0.3, -0.25) is 24.4 Å². The average molecular weight is 539 g/mol. The highest BCUT2D eigenvalue weighted by molar-refractivity contribution is 5.94. The molecule has 1 aromatic heterocycles. The smallest absolute Gasteiger partial charge is 0.326 e. The molecule has 0 fully saturated rings. The van der Waals surface area contributed by atoms with E-state index in [2.05, 4.69) is 35.9 Å². The predicted octanol–water partition coefficient (Wildman–Crippen LogP) is -4.05. The van der Waals surface area contributed by atoms with Crippen molar-refractivity contribution in [2.24, 2.45) is 38.7 Å². The molecule has 212 valence electrons. The summed E-state index contributed by atoms with van der Waals surface area (Å²) in [6.45, 7) is 1.87. The Labute approximate surface area is 219 Å². The summed E-state index contributed by atoms with van der Waals surface area (Å²) in [4.78, 5) is 64.1. The molecule has 0 aliphatic rings. The number of imidazole rings is 1. The summed E-state index contributed by atoms with van der Waals surface area (Å²) >= 11 is 0. The minimum absolute atomic E-state index is 0.0369. The van der Waals surface area contributed by atoms with E-state index >= 15 is 0 Å². The Balaban J connectivity index is 2.77. The van der Waals surface area contributed by atoms with Gasteiger partial charge in [0.1, 0.15) is 18.1 Å². The van der Waals surface area contributed by atoms with Crippen molar-refractivity contribution in [2.75, 3.05) is 13.1 Å². The molecule has 17 heteroatoms. The predicted molar refractivity (Wildman–Crippen MR) is 139 cm³/mol. The maximum atomic E-state index is 13.0. The van der Waals surface area contributed by atoms with E-state index in [9.17, 15) is 24.3 Å². The second-order valence-corrected chi connectivity index (χ2v) is 8.48. The Bertz CT molecular complexity index is 973. The van der Waals surface area contributed by atoms with E-state index in [4.69, 9.17) is 28.7 Å². The average Bonchev–Trinajstić information content (AvgIpc) is 3.35. The number of nitrogens with one attached hydrogen (secondary N) is 4. The first-order chi connectivity index (χ1) is 17.9. The van der Waals surface area contributed by atoms with E-state index in [1.165, 1.54) is 19.4 Å². The fraction of sp³-hybridized carbons (Fsp3) is 0.571. The Kier molecular flexibility index (Phi) is 13.6. The van der Waals surface area contributed by atoms with Crippen LogP contribution < -0.4 is 44.6 Å². The van der Waals surface area contributed by atoms with Gasteiger partial charge in [0, 0.05) is 31.4 Å². The van der Waals surface area contributed by atoms with Gasteiger partial charge in [-0.25, -0.2) is 9.78 Å². The lowest BCUT2D eigenvalue weighted by Gasteiger charge is -2.23. The van der Waals surface area contributed by atoms with Crippen LogP contribution in [-0.4, -0.2) is 87.9 Å². The van der Waals surface area contributed by atoms with Crippen LogP contribution in [0.25, 0.3) is 0 Å². The van der Waals surface area contributed by atoms with Gasteiger partial charge in [-0.15, -0.1) is 0 Å². The number of nitrogens with two attached hydrogens (primary N) is 5. The number of hydrogen-bond donors (Lipinski definition) is 10. The SMILES string of the molecule is CC(NC(=O)C(Cc1cnc[nH]1)NC(=O)C(N)CCCN=C(N)N)C(=O)NC(CCCN=C(N)N)C(=O)O. The number of nitrogens with zero attached hydrogens (tertiary/aromatic N) is 3. The molecule has 1 aromatic rings. The number of carboxylic acids is 1. The quantitative estimate of drug-likeness (QED) is 0.0516. The second kappa shape index (κ2) is 16.4. The molecule has 4 unspecified atom stereocenters. The van der Waals surface area contributed by atoms with Crippen molar-refractivity contribution in [1.29, 1.82) is 0 Å². The second-order valence-electron chi connectivity index (χ2n) is 8.48. The zero-order valence-electron chi connectivity index (χ0n) is 21.2. The lowest BCUT2D eigenvalue weighted by Crippen LogP contribution is -2.56. The van der Waals surface area contributed by atoms with Gasteiger partial charge in [0.25, 0.3) is 0 Å². The normalized spacial score (nSPS) is 13.7. The Morgan fingerprint density at radius 3 is 2.03 bits per heavy atom. The van der Waals surface area contributed by atoms with Crippen molar-refractivity contribution in [1.82, 2.24) is 25.9 Å². The largest absolute Gasteiger partial charge is 0.480 e.